The highest BCUT2D eigenvalue weighted by molar-refractivity contribution is 5.55. The number of oxazole rings is 1. The number of aliphatic hydroxyl groups is 1. The van der Waals surface area contributed by atoms with Crippen LogP contribution in [0, 0.1) is 5.92 Å². The molecule has 25 heavy (non-hydrogen) atoms. The van der Waals surface area contributed by atoms with Gasteiger partial charge in [-0.25, -0.2) is 4.98 Å². The second-order valence-electron chi connectivity index (χ2n) is 6.15. The van der Waals surface area contributed by atoms with E-state index in [1.54, 1.807) is 0 Å². The standard InChI is InChI=1S/C20H19NO4/c22-12-19-11-21-20(25-19)15-6-8-16(9-7-15)24-18-3-1-2-17(10-18)23-13-14-4-5-14/h1-3,6-11,14,22H,4-5,12-13H2. The molecule has 0 atom stereocenters. The van der Waals surface area contributed by atoms with E-state index in [-0.39, 0.29) is 6.61 Å². The second kappa shape index (κ2) is 6.99. The predicted molar refractivity (Wildman–Crippen MR) is 92.6 cm³/mol. The second-order valence-corrected chi connectivity index (χ2v) is 6.15. The summed E-state index contributed by atoms with van der Waals surface area (Å²) in [6.07, 6.45) is 4.06. The maximum absolute atomic E-state index is 9.04. The molecule has 1 aromatic heterocycles. The molecule has 4 rings (SSSR count). The minimum Gasteiger partial charge on any atom is -0.493 e. The zero-order valence-electron chi connectivity index (χ0n) is 13.7. The molecule has 1 aliphatic carbocycles. The topological polar surface area (TPSA) is 64.7 Å². The molecule has 0 unspecified atom stereocenters. The lowest BCUT2D eigenvalue weighted by molar-refractivity contribution is 0.248. The lowest BCUT2D eigenvalue weighted by atomic mass is 10.2. The number of nitrogens with zero attached hydrogens (tertiary/aromatic N) is 1. The van der Waals surface area contributed by atoms with E-state index in [1.807, 2.05) is 48.5 Å². The van der Waals surface area contributed by atoms with Crippen LogP contribution in [-0.2, 0) is 6.61 Å². The highest BCUT2D eigenvalue weighted by Gasteiger charge is 2.21. The maximum atomic E-state index is 9.04. The molecule has 0 radical (unpaired) electrons. The summed E-state index contributed by atoms with van der Waals surface area (Å²) in [7, 11) is 0. The molecule has 1 N–H and O–H groups in total. The average Bonchev–Trinajstić information content (AvgIpc) is 3.36. The van der Waals surface area contributed by atoms with E-state index in [2.05, 4.69) is 4.98 Å². The fourth-order valence-corrected chi connectivity index (χ4v) is 2.44. The summed E-state index contributed by atoms with van der Waals surface area (Å²) < 4.78 is 17.1. The summed E-state index contributed by atoms with van der Waals surface area (Å²) in [5.41, 5.74) is 0.827. The number of hydrogen-bond donors (Lipinski definition) is 1. The van der Waals surface area contributed by atoms with Crippen LogP contribution in [0.25, 0.3) is 11.5 Å². The Bertz CT molecular complexity index is 837. The Morgan fingerprint density at radius 2 is 1.84 bits per heavy atom. The Hall–Kier alpha value is -2.79. The van der Waals surface area contributed by atoms with Crippen molar-refractivity contribution < 1.29 is 19.0 Å². The molecule has 128 valence electrons. The Kier molecular flexibility index (Phi) is 4.39. The molecule has 0 amide bonds. The molecule has 1 heterocycles. The van der Waals surface area contributed by atoms with Crippen LogP contribution >= 0.6 is 0 Å². The largest absolute Gasteiger partial charge is 0.493 e. The Morgan fingerprint density at radius 3 is 2.56 bits per heavy atom. The van der Waals surface area contributed by atoms with Gasteiger partial charge in [0.2, 0.25) is 5.89 Å². The molecule has 5 heteroatoms. The van der Waals surface area contributed by atoms with Crippen molar-refractivity contribution in [2.24, 2.45) is 5.92 Å². The number of benzene rings is 2. The fourth-order valence-electron chi connectivity index (χ4n) is 2.44. The molecular formula is C20H19NO4. The molecule has 3 aromatic rings. The first-order valence-corrected chi connectivity index (χ1v) is 8.37. The smallest absolute Gasteiger partial charge is 0.226 e. The first-order chi connectivity index (χ1) is 12.3. The van der Waals surface area contributed by atoms with Gasteiger partial charge in [0, 0.05) is 11.6 Å². The van der Waals surface area contributed by atoms with Crippen LogP contribution in [0.1, 0.15) is 18.6 Å². The van der Waals surface area contributed by atoms with Gasteiger partial charge in [0.25, 0.3) is 0 Å². The summed E-state index contributed by atoms with van der Waals surface area (Å²) >= 11 is 0. The Labute approximate surface area is 145 Å². The van der Waals surface area contributed by atoms with E-state index in [1.165, 1.54) is 19.0 Å². The first-order valence-electron chi connectivity index (χ1n) is 8.37. The molecule has 1 aliphatic rings. The summed E-state index contributed by atoms with van der Waals surface area (Å²) in [5, 5.41) is 9.04. The van der Waals surface area contributed by atoms with Crippen LogP contribution in [0.5, 0.6) is 17.2 Å². The molecular weight excluding hydrogens is 318 g/mol. The number of aromatic nitrogens is 1. The normalized spacial score (nSPS) is 13.6. The van der Waals surface area contributed by atoms with Crippen molar-refractivity contribution in [3.63, 3.8) is 0 Å². The SMILES string of the molecule is OCc1cnc(-c2ccc(Oc3cccc(OCC4CC4)c3)cc2)o1. The van der Waals surface area contributed by atoms with Crippen LogP contribution in [0.2, 0.25) is 0 Å². The number of aliphatic hydroxyl groups excluding tert-OH is 1. The molecule has 0 aliphatic heterocycles. The molecule has 1 fully saturated rings. The van der Waals surface area contributed by atoms with Gasteiger partial charge in [-0.05, 0) is 55.2 Å². The van der Waals surface area contributed by atoms with Crippen LogP contribution in [0.4, 0.5) is 0 Å². The van der Waals surface area contributed by atoms with Crippen molar-refractivity contribution in [1.29, 1.82) is 0 Å². The zero-order chi connectivity index (χ0) is 17.1. The van der Waals surface area contributed by atoms with Crippen molar-refractivity contribution in [3.8, 4) is 28.7 Å². The van der Waals surface area contributed by atoms with Gasteiger partial charge in [-0.15, -0.1) is 0 Å². The van der Waals surface area contributed by atoms with Crippen molar-refractivity contribution in [2.45, 2.75) is 19.4 Å². The van der Waals surface area contributed by atoms with Crippen LogP contribution in [-0.4, -0.2) is 16.7 Å². The Morgan fingerprint density at radius 1 is 1.04 bits per heavy atom. The third kappa shape index (κ3) is 4.00. The highest BCUT2D eigenvalue weighted by atomic mass is 16.5. The minimum absolute atomic E-state index is 0.159. The zero-order valence-corrected chi connectivity index (χ0v) is 13.7. The first kappa shape index (κ1) is 15.7. The third-order valence-corrected chi connectivity index (χ3v) is 4.03. The molecule has 2 aromatic carbocycles. The van der Waals surface area contributed by atoms with Crippen molar-refractivity contribution >= 4 is 0 Å². The molecule has 1 saturated carbocycles. The molecule has 0 saturated heterocycles. The van der Waals surface area contributed by atoms with Crippen molar-refractivity contribution in [2.75, 3.05) is 6.61 Å². The summed E-state index contributed by atoms with van der Waals surface area (Å²) in [6, 6.07) is 15.1. The monoisotopic (exact) mass is 337 g/mol. The van der Waals surface area contributed by atoms with Crippen molar-refractivity contribution in [1.82, 2.24) is 4.98 Å². The van der Waals surface area contributed by atoms with E-state index in [0.29, 0.717) is 11.7 Å². The van der Waals surface area contributed by atoms with Crippen LogP contribution in [0.15, 0.2) is 59.1 Å². The fraction of sp³-hybridized carbons (Fsp3) is 0.250. The van der Waals surface area contributed by atoms with Crippen molar-refractivity contribution in [3.05, 3.63) is 60.5 Å². The Balaban J connectivity index is 1.42. The van der Waals surface area contributed by atoms with Gasteiger partial charge < -0.3 is 19.0 Å². The summed E-state index contributed by atoms with van der Waals surface area (Å²) in [6.45, 7) is 0.622. The van der Waals surface area contributed by atoms with Gasteiger partial charge >= 0.3 is 0 Å². The van der Waals surface area contributed by atoms with E-state index in [4.69, 9.17) is 19.0 Å². The van der Waals surface area contributed by atoms with Gasteiger partial charge in [0.15, 0.2) is 0 Å². The lowest BCUT2D eigenvalue weighted by Gasteiger charge is -2.09. The van der Waals surface area contributed by atoms with Gasteiger partial charge in [0.1, 0.15) is 29.6 Å². The van der Waals surface area contributed by atoms with E-state index >= 15 is 0 Å². The van der Waals surface area contributed by atoms with Gasteiger partial charge in [-0.1, -0.05) is 6.07 Å². The lowest BCUT2D eigenvalue weighted by Crippen LogP contribution is -1.98. The third-order valence-electron chi connectivity index (χ3n) is 4.03. The molecule has 0 bridgehead atoms. The number of rotatable bonds is 7. The maximum Gasteiger partial charge on any atom is 0.226 e. The van der Waals surface area contributed by atoms with Crippen LogP contribution in [0.3, 0.4) is 0 Å². The van der Waals surface area contributed by atoms with E-state index in [9.17, 15) is 0 Å². The van der Waals surface area contributed by atoms with Gasteiger partial charge in [-0.2, -0.15) is 0 Å². The summed E-state index contributed by atoms with van der Waals surface area (Å²) in [5.74, 6) is 3.93. The molecule has 5 nitrogen and oxygen atoms in total. The predicted octanol–water partition coefficient (Wildman–Crippen LogP) is 4.42. The van der Waals surface area contributed by atoms with Gasteiger partial charge in [-0.3, -0.25) is 0 Å². The van der Waals surface area contributed by atoms with Crippen LogP contribution < -0.4 is 9.47 Å². The van der Waals surface area contributed by atoms with E-state index in [0.717, 1.165) is 35.3 Å². The van der Waals surface area contributed by atoms with E-state index < -0.39 is 0 Å². The molecule has 0 spiro atoms. The van der Waals surface area contributed by atoms with Gasteiger partial charge in [0.05, 0.1) is 12.8 Å². The average molecular weight is 337 g/mol. The minimum atomic E-state index is -0.159. The quantitative estimate of drug-likeness (QED) is 0.691. The number of hydrogen-bond acceptors (Lipinski definition) is 5. The number of ether oxygens (including phenoxy) is 2. The summed E-state index contributed by atoms with van der Waals surface area (Å²) in [4.78, 5) is 4.14. The highest BCUT2D eigenvalue weighted by Crippen LogP contribution is 2.31.